The summed E-state index contributed by atoms with van der Waals surface area (Å²) in [5.74, 6) is -1.30. The van der Waals surface area contributed by atoms with Crippen LogP contribution in [0.15, 0.2) is 0 Å². The van der Waals surface area contributed by atoms with E-state index in [9.17, 15) is 19.8 Å². The molecule has 0 radical (unpaired) electrons. The molecule has 0 aromatic carbocycles. The molecule has 4 rings (SSSR count). The molecule has 20 heavy (non-hydrogen) atoms. The van der Waals surface area contributed by atoms with Gasteiger partial charge in [-0.05, 0) is 37.5 Å². The minimum atomic E-state index is -1.08. The van der Waals surface area contributed by atoms with E-state index in [2.05, 4.69) is 0 Å². The Labute approximate surface area is 117 Å². The monoisotopic (exact) mass is 284 g/mol. The van der Waals surface area contributed by atoms with Crippen molar-refractivity contribution in [2.75, 3.05) is 14.2 Å². The minimum Gasteiger partial charge on any atom is -0.469 e. The van der Waals surface area contributed by atoms with Crippen LogP contribution in [0.4, 0.5) is 0 Å². The first-order valence-electron chi connectivity index (χ1n) is 6.94. The van der Waals surface area contributed by atoms with Crippen LogP contribution < -0.4 is 0 Å². The van der Waals surface area contributed by atoms with Crippen molar-refractivity contribution in [3.8, 4) is 0 Å². The van der Waals surface area contributed by atoms with E-state index < -0.39 is 35.0 Å². The highest BCUT2D eigenvalue weighted by atomic mass is 16.5. The van der Waals surface area contributed by atoms with E-state index >= 15 is 0 Å². The van der Waals surface area contributed by atoms with Gasteiger partial charge < -0.3 is 19.7 Å². The molecule has 0 spiro atoms. The van der Waals surface area contributed by atoms with Crippen molar-refractivity contribution in [3.05, 3.63) is 0 Å². The summed E-state index contributed by atoms with van der Waals surface area (Å²) in [6, 6.07) is 0. The lowest BCUT2D eigenvalue weighted by atomic mass is 9.42. The highest BCUT2D eigenvalue weighted by Gasteiger charge is 2.71. The molecular formula is C14H20O6. The summed E-state index contributed by atoms with van der Waals surface area (Å²) in [6.07, 6.45) is -0.129. The minimum absolute atomic E-state index is 0.106. The average molecular weight is 284 g/mol. The number of methoxy groups -OCH3 is 2. The number of hydrogen-bond donors (Lipinski definition) is 2. The highest BCUT2D eigenvalue weighted by molar-refractivity contribution is 5.84. The van der Waals surface area contributed by atoms with E-state index in [0.29, 0.717) is 19.3 Å². The Bertz CT molecular complexity index is 423. The topological polar surface area (TPSA) is 93.1 Å². The van der Waals surface area contributed by atoms with Gasteiger partial charge in [-0.3, -0.25) is 9.59 Å². The molecule has 0 heterocycles. The molecule has 0 amide bonds. The maximum Gasteiger partial charge on any atom is 0.314 e. The SMILES string of the molecule is COC(=O)C12CC3CC(CC(C(=O)OC)(C1)C3O)C2O. The molecule has 6 atom stereocenters. The van der Waals surface area contributed by atoms with Gasteiger partial charge in [-0.15, -0.1) is 0 Å². The van der Waals surface area contributed by atoms with Crippen LogP contribution >= 0.6 is 0 Å². The standard InChI is InChI=1S/C14H20O6/c1-19-11(17)13-4-7-3-8(9(13)15)5-14(6-13,10(7)16)12(18)20-2/h7-10,15-16H,3-6H2,1-2H3. The summed E-state index contributed by atoms with van der Waals surface area (Å²) >= 11 is 0. The van der Waals surface area contributed by atoms with E-state index in [1.165, 1.54) is 14.2 Å². The average Bonchev–Trinajstić information content (AvgIpc) is 2.44. The van der Waals surface area contributed by atoms with Gasteiger partial charge >= 0.3 is 11.9 Å². The van der Waals surface area contributed by atoms with Crippen LogP contribution in [0.2, 0.25) is 0 Å². The normalized spacial score (nSPS) is 49.0. The second-order valence-electron chi connectivity index (χ2n) is 6.53. The first-order chi connectivity index (χ1) is 9.41. The van der Waals surface area contributed by atoms with E-state index in [4.69, 9.17) is 9.47 Å². The third-order valence-electron chi connectivity index (χ3n) is 5.70. The summed E-state index contributed by atoms with van der Waals surface area (Å²) in [6.45, 7) is 0. The second kappa shape index (κ2) is 4.18. The summed E-state index contributed by atoms with van der Waals surface area (Å²) in [5, 5.41) is 21.0. The summed E-state index contributed by atoms with van der Waals surface area (Å²) in [5.41, 5.74) is -2.15. The molecule has 0 aromatic heterocycles. The van der Waals surface area contributed by atoms with Gasteiger partial charge in [0.25, 0.3) is 0 Å². The molecule has 6 nitrogen and oxygen atoms in total. The van der Waals surface area contributed by atoms with Crippen LogP contribution in [0.1, 0.15) is 25.7 Å². The van der Waals surface area contributed by atoms with Gasteiger partial charge in [0, 0.05) is 0 Å². The molecular weight excluding hydrogens is 264 g/mol. The first-order valence-corrected chi connectivity index (χ1v) is 6.94. The van der Waals surface area contributed by atoms with Crippen LogP contribution in [-0.4, -0.2) is 48.6 Å². The molecule has 4 bridgehead atoms. The molecule has 0 saturated heterocycles. The number of carbonyl (C=O) groups excluding carboxylic acids is 2. The number of aliphatic hydroxyl groups is 2. The third-order valence-corrected chi connectivity index (χ3v) is 5.70. The fourth-order valence-electron chi connectivity index (χ4n) is 4.99. The Kier molecular flexibility index (Phi) is 2.89. The molecule has 2 N–H and O–H groups in total. The van der Waals surface area contributed by atoms with Gasteiger partial charge in [0.2, 0.25) is 0 Å². The van der Waals surface area contributed by atoms with Gasteiger partial charge in [-0.2, -0.15) is 0 Å². The number of hydrogen-bond acceptors (Lipinski definition) is 6. The number of rotatable bonds is 2. The molecule has 6 unspecified atom stereocenters. The molecule has 112 valence electrons. The lowest BCUT2D eigenvalue weighted by Gasteiger charge is -2.63. The number of aliphatic hydroxyl groups excluding tert-OH is 2. The Morgan fingerprint density at radius 3 is 1.70 bits per heavy atom. The van der Waals surface area contributed by atoms with Crippen molar-refractivity contribution in [1.82, 2.24) is 0 Å². The maximum absolute atomic E-state index is 12.2. The van der Waals surface area contributed by atoms with Crippen molar-refractivity contribution >= 4 is 11.9 Å². The molecule has 4 aliphatic carbocycles. The second-order valence-corrected chi connectivity index (χ2v) is 6.53. The van der Waals surface area contributed by atoms with E-state index in [0.717, 1.165) is 0 Å². The Morgan fingerprint density at radius 1 is 0.950 bits per heavy atom. The van der Waals surface area contributed by atoms with Crippen molar-refractivity contribution in [2.45, 2.75) is 37.9 Å². The predicted molar refractivity (Wildman–Crippen MR) is 66.4 cm³/mol. The lowest BCUT2D eigenvalue weighted by molar-refractivity contribution is -0.247. The number of carbonyl (C=O) groups is 2. The lowest BCUT2D eigenvalue weighted by Crippen LogP contribution is -2.70. The fourth-order valence-corrected chi connectivity index (χ4v) is 4.99. The Morgan fingerprint density at radius 2 is 1.35 bits per heavy atom. The van der Waals surface area contributed by atoms with Crippen LogP contribution in [0.5, 0.6) is 0 Å². The van der Waals surface area contributed by atoms with Crippen molar-refractivity contribution in [1.29, 1.82) is 0 Å². The molecule has 4 aliphatic rings. The Balaban J connectivity index is 2.08. The zero-order valence-electron chi connectivity index (χ0n) is 11.7. The molecule has 0 aliphatic heterocycles. The van der Waals surface area contributed by atoms with Crippen molar-refractivity contribution < 1.29 is 29.3 Å². The van der Waals surface area contributed by atoms with E-state index in [-0.39, 0.29) is 18.3 Å². The van der Waals surface area contributed by atoms with Crippen LogP contribution in [-0.2, 0) is 19.1 Å². The van der Waals surface area contributed by atoms with Gasteiger partial charge in [-0.1, -0.05) is 0 Å². The van der Waals surface area contributed by atoms with Gasteiger partial charge in [-0.25, -0.2) is 0 Å². The number of ether oxygens (including phenoxy) is 2. The van der Waals surface area contributed by atoms with Gasteiger partial charge in [0.15, 0.2) is 0 Å². The smallest absolute Gasteiger partial charge is 0.314 e. The molecule has 4 fully saturated rings. The van der Waals surface area contributed by atoms with Gasteiger partial charge in [0.1, 0.15) is 0 Å². The summed E-state index contributed by atoms with van der Waals surface area (Å²) in [4.78, 5) is 24.4. The van der Waals surface area contributed by atoms with E-state index in [1.807, 2.05) is 0 Å². The highest BCUT2D eigenvalue weighted by Crippen LogP contribution is 2.65. The quantitative estimate of drug-likeness (QED) is 0.686. The van der Waals surface area contributed by atoms with Gasteiger partial charge in [0.05, 0.1) is 37.3 Å². The van der Waals surface area contributed by atoms with Crippen LogP contribution in [0, 0.1) is 22.7 Å². The third kappa shape index (κ3) is 1.41. The fraction of sp³-hybridized carbons (Fsp3) is 0.857. The summed E-state index contributed by atoms with van der Waals surface area (Å²) < 4.78 is 9.73. The molecule has 6 heteroatoms. The van der Waals surface area contributed by atoms with Crippen LogP contribution in [0.25, 0.3) is 0 Å². The van der Waals surface area contributed by atoms with Crippen molar-refractivity contribution in [3.63, 3.8) is 0 Å². The number of esters is 2. The molecule has 4 saturated carbocycles. The van der Waals surface area contributed by atoms with Crippen LogP contribution in [0.3, 0.4) is 0 Å². The molecule has 0 aromatic rings. The van der Waals surface area contributed by atoms with E-state index in [1.54, 1.807) is 0 Å². The zero-order chi connectivity index (χ0) is 14.7. The predicted octanol–water partition coefficient (Wildman–Crippen LogP) is -0.139. The zero-order valence-corrected chi connectivity index (χ0v) is 11.7. The largest absolute Gasteiger partial charge is 0.469 e. The van der Waals surface area contributed by atoms with Crippen molar-refractivity contribution in [2.24, 2.45) is 22.7 Å². The first kappa shape index (κ1) is 13.8. The maximum atomic E-state index is 12.2. The summed E-state index contributed by atoms with van der Waals surface area (Å²) in [7, 11) is 2.57. The Hall–Kier alpha value is -1.14.